The molecule has 0 saturated carbocycles. The third-order valence-corrected chi connectivity index (χ3v) is 19.6. The van der Waals surface area contributed by atoms with Gasteiger partial charge < -0.3 is 95.7 Å². The van der Waals surface area contributed by atoms with Crippen molar-refractivity contribution < 1.29 is 63.0 Å². The Hall–Kier alpha value is -10.0. The zero-order valence-electron chi connectivity index (χ0n) is 66.2. The summed E-state index contributed by atoms with van der Waals surface area (Å²) in [5, 5.41) is 65.8. The van der Waals surface area contributed by atoms with Gasteiger partial charge in [0.05, 0.1) is 12.2 Å². The number of hydrogen-bond donors (Lipinski definition) is 18. The van der Waals surface area contributed by atoms with Gasteiger partial charge in [0.15, 0.2) is 0 Å². The van der Waals surface area contributed by atoms with Crippen molar-refractivity contribution in [1.29, 1.82) is 0 Å². The molecule has 0 bridgehead atoms. The molecule has 1 aliphatic heterocycles. The van der Waals surface area contributed by atoms with Crippen LogP contribution in [-0.4, -0.2) is 187 Å². The van der Waals surface area contributed by atoms with Gasteiger partial charge in [0.2, 0.25) is 65.0 Å². The van der Waals surface area contributed by atoms with Gasteiger partial charge in [-0.05, 0) is 138 Å². The fourth-order valence-corrected chi connectivity index (χ4v) is 12.8. The molecule has 6 rings (SSSR count). The smallest absolute Gasteiger partial charge is 0.245 e. The van der Waals surface area contributed by atoms with E-state index in [0.29, 0.717) is 44.1 Å². The topological polar surface area (TPSA) is 435 Å². The first-order valence-corrected chi connectivity index (χ1v) is 39.8. The Balaban J connectivity index is 1.36. The van der Waals surface area contributed by atoms with Crippen LogP contribution in [0.1, 0.15) is 146 Å². The average molecular weight is 1560 g/mol. The second-order valence-corrected chi connectivity index (χ2v) is 29.5. The van der Waals surface area contributed by atoms with Gasteiger partial charge in [-0.15, -0.1) is 0 Å². The zero-order valence-corrected chi connectivity index (χ0v) is 66.2. The Kier molecular flexibility index (Phi) is 41.4. The highest BCUT2D eigenvalue weighted by molar-refractivity contribution is 5.99. The molecule has 0 aromatic heterocycles. The minimum absolute atomic E-state index is 0.0174. The third-order valence-electron chi connectivity index (χ3n) is 19.6. The minimum atomic E-state index is -1.72. The minimum Gasteiger partial charge on any atom is -0.391 e. The van der Waals surface area contributed by atoms with Gasteiger partial charge >= 0.3 is 0 Å². The second-order valence-electron chi connectivity index (χ2n) is 29.5. The molecule has 1 aliphatic rings. The molecule has 5 aromatic carbocycles. The van der Waals surface area contributed by atoms with Crippen LogP contribution in [0, 0.1) is 11.8 Å². The Labute approximate surface area is 664 Å². The van der Waals surface area contributed by atoms with Crippen molar-refractivity contribution in [3.8, 4) is 0 Å². The summed E-state index contributed by atoms with van der Waals surface area (Å²) in [5.41, 5.74) is 10.5. The lowest BCUT2D eigenvalue weighted by atomic mass is 10.00. The molecule has 19 N–H and O–H groups in total. The molecule has 0 radical (unpaired) electrons. The number of nitrogens with one attached hydrogen (secondary N) is 15. The number of carbonyl (C=O) groups is 11. The average Bonchev–Trinajstić information content (AvgIpc) is 1.29. The fourth-order valence-electron chi connectivity index (χ4n) is 12.8. The van der Waals surface area contributed by atoms with E-state index in [1.54, 1.807) is 30.3 Å². The molecule has 616 valence electrons. The van der Waals surface area contributed by atoms with E-state index in [1.807, 2.05) is 135 Å². The SMILES string of the molecule is CCC(C)CCCCC(=O)N[C@@H](CCNCc1ccccc1)C(=O)N[C@H](C(=O)N[C@@H](CCN)C(=O)N[C@H]1CCNC(=O)[C@H]([C@@H](C)O)NC(=O)[C@H](CCNCc2ccccc2)NC(=O)[C@H](CCNCc2ccccc2)NC(=O)[C@H](CC(C)C)NC(=O)[C@@H](Cc2ccccc2)NC(=O)[C@H](CCNCc2ccccc2)NC1=O)[C@@H](C)O. The first-order valence-electron chi connectivity index (χ1n) is 39.8. The summed E-state index contributed by atoms with van der Waals surface area (Å²) in [4.78, 5) is 162. The summed E-state index contributed by atoms with van der Waals surface area (Å²) in [6.45, 7) is 12.0. The van der Waals surface area contributed by atoms with Crippen LogP contribution in [0.2, 0.25) is 0 Å². The van der Waals surface area contributed by atoms with Gasteiger partial charge in [-0.3, -0.25) is 52.7 Å². The van der Waals surface area contributed by atoms with Crippen molar-refractivity contribution in [2.45, 2.75) is 224 Å². The highest BCUT2D eigenvalue weighted by Gasteiger charge is 2.38. The number of hydrogen-bond acceptors (Lipinski definition) is 18. The summed E-state index contributed by atoms with van der Waals surface area (Å²) in [6.07, 6.45) is -0.674. The highest BCUT2D eigenvalue weighted by Crippen LogP contribution is 2.15. The van der Waals surface area contributed by atoms with Crippen molar-refractivity contribution in [1.82, 2.24) is 79.8 Å². The lowest BCUT2D eigenvalue weighted by Gasteiger charge is -2.29. The van der Waals surface area contributed by atoms with Gasteiger partial charge in [0.1, 0.15) is 60.4 Å². The maximum atomic E-state index is 15.3. The van der Waals surface area contributed by atoms with Crippen molar-refractivity contribution in [3.05, 3.63) is 179 Å². The van der Waals surface area contributed by atoms with Crippen molar-refractivity contribution in [2.24, 2.45) is 17.6 Å². The van der Waals surface area contributed by atoms with Crippen LogP contribution < -0.4 is 85.5 Å². The van der Waals surface area contributed by atoms with Crippen LogP contribution in [0.15, 0.2) is 152 Å². The number of unbranched alkanes of at least 4 members (excludes halogenated alkanes) is 1. The Morgan fingerprint density at radius 1 is 0.451 bits per heavy atom. The summed E-state index contributed by atoms with van der Waals surface area (Å²) in [7, 11) is 0. The van der Waals surface area contributed by atoms with Gasteiger partial charge in [-0.2, -0.15) is 0 Å². The van der Waals surface area contributed by atoms with Crippen LogP contribution in [0.25, 0.3) is 0 Å². The van der Waals surface area contributed by atoms with E-state index in [9.17, 15) is 48.6 Å². The lowest BCUT2D eigenvalue weighted by Crippen LogP contribution is -2.62. The first-order chi connectivity index (χ1) is 54.4. The Morgan fingerprint density at radius 2 is 0.867 bits per heavy atom. The molecule has 1 saturated heterocycles. The third kappa shape index (κ3) is 34.5. The largest absolute Gasteiger partial charge is 0.391 e. The molecular formula is C84H122N16O13. The molecule has 113 heavy (non-hydrogen) atoms. The predicted molar refractivity (Wildman–Crippen MR) is 433 cm³/mol. The number of amides is 11. The maximum absolute atomic E-state index is 15.3. The fraction of sp³-hybridized carbons (Fsp3) is 0.512. The van der Waals surface area contributed by atoms with Gasteiger partial charge in [0.25, 0.3) is 0 Å². The number of benzene rings is 5. The van der Waals surface area contributed by atoms with E-state index in [2.05, 4.69) is 93.6 Å². The molecule has 13 atom stereocenters. The van der Waals surface area contributed by atoms with E-state index in [4.69, 9.17) is 5.73 Å². The summed E-state index contributed by atoms with van der Waals surface area (Å²) >= 11 is 0. The number of carbonyl (C=O) groups excluding carboxylic acids is 11. The molecule has 11 amide bonds. The second kappa shape index (κ2) is 50.9. The Morgan fingerprint density at radius 3 is 1.32 bits per heavy atom. The quantitative estimate of drug-likeness (QED) is 0.0249. The molecule has 1 fully saturated rings. The molecule has 0 aliphatic carbocycles. The van der Waals surface area contributed by atoms with Crippen molar-refractivity contribution >= 4 is 65.0 Å². The predicted octanol–water partition coefficient (Wildman–Crippen LogP) is 2.08. The van der Waals surface area contributed by atoms with Crippen LogP contribution in [0.5, 0.6) is 0 Å². The molecule has 0 spiro atoms. The maximum Gasteiger partial charge on any atom is 0.245 e. The first kappa shape index (κ1) is 91.9. The monoisotopic (exact) mass is 1560 g/mol. The normalized spacial score (nSPS) is 20.0. The molecule has 1 unspecified atom stereocenters. The summed E-state index contributed by atoms with van der Waals surface area (Å²) < 4.78 is 0. The highest BCUT2D eigenvalue weighted by atomic mass is 16.3. The van der Waals surface area contributed by atoms with Crippen LogP contribution in [0.3, 0.4) is 0 Å². The van der Waals surface area contributed by atoms with Crippen LogP contribution in [-0.2, 0) is 85.3 Å². The van der Waals surface area contributed by atoms with E-state index in [1.165, 1.54) is 13.8 Å². The summed E-state index contributed by atoms with van der Waals surface area (Å²) in [5.74, 6) is -9.04. The van der Waals surface area contributed by atoms with Gasteiger partial charge in [-0.1, -0.05) is 199 Å². The lowest BCUT2D eigenvalue weighted by molar-refractivity contribution is -0.137. The van der Waals surface area contributed by atoms with E-state index >= 15 is 14.4 Å². The Bertz CT molecular complexity index is 3720. The number of nitrogens with two attached hydrogens (primary N) is 1. The van der Waals surface area contributed by atoms with Crippen molar-refractivity contribution in [2.75, 3.05) is 39.3 Å². The summed E-state index contributed by atoms with van der Waals surface area (Å²) in [6, 6.07) is 31.7. The van der Waals surface area contributed by atoms with Gasteiger partial charge in [0, 0.05) is 45.6 Å². The van der Waals surface area contributed by atoms with E-state index < -0.39 is 145 Å². The zero-order chi connectivity index (χ0) is 81.9. The number of aliphatic hydroxyl groups excluding tert-OH is 2. The van der Waals surface area contributed by atoms with Gasteiger partial charge in [-0.25, -0.2) is 0 Å². The standard InChI is InChI=1S/C84H122N16O13/c1-7-56(4)25-23-24-36-72(103)91-65(38-44-86-51-60-28-15-9-16-29-60)79(108)100-74(58(6)102)84(113)96-64(37-43-85)75(104)94-69-42-48-90-83(112)73(57(5)101)99-80(109)68(41-47-89-54-63-34-21-12-22-35-63)93-76(105)66(39-45-87-52-61-30-17-10-18-31-61)95-81(110)70(49-55(2)3)97-82(111)71(50-59-26-13-8-14-27-59)98-78(107)67(92-77(69)106)40-46-88-53-62-32-19-11-20-33-62/h8-22,26-35,55-58,64-71,73-74,86-89,101-102H,7,23-25,36-54,85H2,1-6H3,(H,90,112)(H,91,103)(H,92,106)(H,93,105)(H,94,104)(H,95,110)(H,96,113)(H,97,111)(H,98,107)(H,99,109)(H,100,108)/t56?,57-,58-,64+,65+,66+,67+,68+,69+,70+,71-,73+,74+/m1/s1. The number of aliphatic hydroxyl groups is 2. The molecule has 1 heterocycles. The van der Waals surface area contributed by atoms with Crippen LogP contribution in [0.4, 0.5) is 0 Å². The molecule has 29 heteroatoms. The number of rotatable bonds is 41. The van der Waals surface area contributed by atoms with Crippen molar-refractivity contribution in [3.63, 3.8) is 0 Å². The van der Waals surface area contributed by atoms with E-state index in [0.717, 1.165) is 41.5 Å². The van der Waals surface area contributed by atoms with Crippen LogP contribution >= 0.6 is 0 Å². The molecule has 5 aromatic rings. The van der Waals surface area contributed by atoms with E-state index in [-0.39, 0.29) is 95.9 Å². The molecular weight excluding hydrogens is 1440 g/mol. The molecule has 29 nitrogen and oxygen atoms in total.